The number of hydrogen-bond donors (Lipinski definition) is 2. The van der Waals surface area contributed by atoms with Crippen molar-refractivity contribution in [3.63, 3.8) is 0 Å². The number of nitrogens with zero attached hydrogens (tertiary/aromatic N) is 1. The van der Waals surface area contributed by atoms with Crippen LogP contribution < -0.4 is 20.1 Å². The molecule has 0 spiro atoms. The van der Waals surface area contributed by atoms with Crippen molar-refractivity contribution in [1.29, 1.82) is 0 Å². The maximum absolute atomic E-state index is 13.8. The minimum absolute atomic E-state index is 0.00282. The molecule has 0 saturated heterocycles. The molecular formula is C17H19BrFN3O4S. The average molecular weight is 460 g/mol. The molecule has 0 atom stereocenters. The molecule has 2 amide bonds. The number of amides is 2. The number of rotatable bonds is 7. The number of carbonyl (C=O) groups excluding carboxylic acids is 2. The van der Waals surface area contributed by atoms with E-state index in [0.29, 0.717) is 15.4 Å². The van der Waals surface area contributed by atoms with Crippen LogP contribution in [0.3, 0.4) is 0 Å². The molecular weight excluding hydrogens is 441 g/mol. The van der Waals surface area contributed by atoms with Crippen molar-refractivity contribution >= 4 is 44.1 Å². The number of alkyl halides is 1. The topological polar surface area (TPSA) is 89.5 Å². The second kappa shape index (κ2) is 8.66. The highest BCUT2D eigenvalue weighted by molar-refractivity contribution is 9.11. The number of carbonyl (C=O) groups is 2. The largest absolute Gasteiger partial charge is 0.497 e. The summed E-state index contributed by atoms with van der Waals surface area (Å²) in [6, 6.07) is 5.22. The third-order valence-corrected chi connectivity index (χ3v) is 4.94. The second-order valence-electron chi connectivity index (χ2n) is 5.93. The zero-order chi connectivity index (χ0) is 20.2. The molecule has 0 bridgehead atoms. The fourth-order valence-corrected chi connectivity index (χ4v) is 3.39. The van der Waals surface area contributed by atoms with Gasteiger partial charge in [0.1, 0.15) is 16.5 Å². The van der Waals surface area contributed by atoms with Gasteiger partial charge in [0, 0.05) is 18.2 Å². The van der Waals surface area contributed by atoms with Crippen LogP contribution in [0.1, 0.15) is 29.9 Å². The maximum Gasteiger partial charge on any atom is 0.273 e. The predicted molar refractivity (Wildman–Crippen MR) is 104 cm³/mol. The Morgan fingerprint density at radius 3 is 2.59 bits per heavy atom. The van der Waals surface area contributed by atoms with Gasteiger partial charge in [-0.15, -0.1) is 0 Å². The Morgan fingerprint density at radius 1 is 1.30 bits per heavy atom. The van der Waals surface area contributed by atoms with Crippen LogP contribution in [0.15, 0.2) is 22.1 Å². The van der Waals surface area contributed by atoms with Gasteiger partial charge in [-0.1, -0.05) is 11.3 Å². The van der Waals surface area contributed by atoms with E-state index in [0.717, 1.165) is 30.7 Å². The van der Waals surface area contributed by atoms with E-state index in [1.54, 1.807) is 25.3 Å². The highest BCUT2D eigenvalue weighted by Crippen LogP contribution is 2.30. The van der Waals surface area contributed by atoms with Crippen LogP contribution in [-0.4, -0.2) is 36.7 Å². The Bertz CT molecular complexity index is 851. The summed E-state index contributed by atoms with van der Waals surface area (Å²) in [7, 11) is 3.06. The molecule has 1 aromatic carbocycles. The Kier molecular flexibility index (Phi) is 6.77. The minimum Gasteiger partial charge on any atom is -0.497 e. The lowest BCUT2D eigenvalue weighted by Crippen LogP contribution is -2.33. The summed E-state index contributed by atoms with van der Waals surface area (Å²) < 4.78 is 24.6. The van der Waals surface area contributed by atoms with Gasteiger partial charge in [0.05, 0.1) is 14.2 Å². The number of nitrogens with one attached hydrogen (secondary N) is 2. The van der Waals surface area contributed by atoms with Crippen LogP contribution in [0.2, 0.25) is 0 Å². The Morgan fingerprint density at radius 2 is 2.00 bits per heavy atom. The van der Waals surface area contributed by atoms with E-state index in [9.17, 15) is 14.0 Å². The van der Waals surface area contributed by atoms with Crippen LogP contribution in [0.25, 0.3) is 0 Å². The van der Waals surface area contributed by atoms with Crippen LogP contribution in [0.4, 0.5) is 9.39 Å². The Labute approximate surface area is 168 Å². The van der Waals surface area contributed by atoms with E-state index in [1.165, 1.54) is 7.11 Å². The number of methoxy groups -OCH3 is 2. The molecule has 2 N–H and O–H groups in total. The van der Waals surface area contributed by atoms with E-state index < -0.39 is 17.5 Å². The third-order valence-electron chi connectivity index (χ3n) is 3.52. The average Bonchev–Trinajstić information content (AvgIpc) is 2.99. The molecule has 7 nitrogen and oxygen atoms in total. The van der Waals surface area contributed by atoms with Gasteiger partial charge >= 0.3 is 0 Å². The van der Waals surface area contributed by atoms with Crippen molar-refractivity contribution < 1.29 is 23.5 Å². The first-order valence-corrected chi connectivity index (χ1v) is 9.42. The van der Waals surface area contributed by atoms with Gasteiger partial charge in [0.25, 0.3) is 11.8 Å². The molecule has 2 rings (SSSR count). The smallest absolute Gasteiger partial charge is 0.273 e. The predicted octanol–water partition coefficient (Wildman–Crippen LogP) is 3.54. The molecule has 0 aliphatic heterocycles. The summed E-state index contributed by atoms with van der Waals surface area (Å²) in [6.07, 6.45) is 0. The van der Waals surface area contributed by atoms with E-state index in [2.05, 4.69) is 31.5 Å². The number of anilines is 1. The van der Waals surface area contributed by atoms with Crippen molar-refractivity contribution in [2.45, 2.75) is 26.1 Å². The number of thiazole rings is 1. The van der Waals surface area contributed by atoms with Gasteiger partial charge in [-0.2, -0.15) is 0 Å². The summed E-state index contributed by atoms with van der Waals surface area (Å²) in [5.41, 5.74) is -1.35. The fourth-order valence-electron chi connectivity index (χ4n) is 2.04. The lowest BCUT2D eigenvalue weighted by atomic mass is 10.1. The maximum atomic E-state index is 13.8. The minimum atomic E-state index is -2.08. The zero-order valence-corrected chi connectivity index (χ0v) is 17.6. The third kappa shape index (κ3) is 5.39. The van der Waals surface area contributed by atoms with Crippen molar-refractivity contribution in [3.05, 3.63) is 33.4 Å². The van der Waals surface area contributed by atoms with Crippen molar-refractivity contribution in [3.8, 4) is 11.5 Å². The number of ether oxygens (including phenoxy) is 2. The van der Waals surface area contributed by atoms with Gasteiger partial charge in [-0.3, -0.25) is 9.59 Å². The van der Waals surface area contributed by atoms with Crippen LogP contribution >= 0.6 is 27.3 Å². The molecule has 0 fully saturated rings. The van der Waals surface area contributed by atoms with Gasteiger partial charge in [-0.25, -0.2) is 9.37 Å². The van der Waals surface area contributed by atoms with E-state index in [4.69, 9.17) is 9.47 Å². The quantitative estimate of drug-likeness (QED) is 0.660. The van der Waals surface area contributed by atoms with E-state index in [1.807, 2.05) is 0 Å². The summed E-state index contributed by atoms with van der Waals surface area (Å²) in [5.74, 6) is -0.183. The summed E-state index contributed by atoms with van der Waals surface area (Å²) in [6.45, 7) is 2.44. The molecule has 0 radical (unpaired) electrons. The Balaban J connectivity index is 2.14. The van der Waals surface area contributed by atoms with Gasteiger partial charge in [-0.05, 0) is 41.9 Å². The first kappa shape index (κ1) is 21.1. The summed E-state index contributed by atoms with van der Waals surface area (Å²) in [4.78, 5) is 28.4. The normalized spacial score (nSPS) is 11.0. The highest BCUT2D eigenvalue weighted by Gasteiger charge is 2.29. The first-order valence-electron chi connectivity index (χ1n) is 7.81. The first-order chi connectivity index (χ1) is 12.7. The van der Waals surface area contributed by atoms with E-state index in [-0.39, 0.29) is 17.2 Å². The lowest BCUT2D eigenvalue weighted by molar-refractivity contribution is -0.125. The SMILES string of the molecule is COc1ccc(CNC(=O)c2nc(Br)sc2NC(=O)C(C)(C)F)c(OC)c1. The van der Waals surface area contributed by atoms with Crippen molar-refractivity contribution in [2.24, 2.45) is 0 Å². The number of benzene rings is 1. The summed E-state index contributed by atoms with van der Waals surface area (Å²) >= 11 is 4.20. The molecule has 1 heterocycles. The van der Waals surface area contributed by atoms with Gasteiger partial charge in [0.15, 0.2) is 15.3 Å². The van der Waals surface area contributed by atoms with Crippen LogP contribution in [-0.2, 0) is 11.3 Å². The molecule has 146 valence electrons. The monoisotopic (exact) mass is 459 g/mol. The standard InChI is InChI=1S/C17H19BrFN3O4S/c1-17(2,19)15(24)22-14-12(21-16(18)27-14)13(23)20-8-9-5-6-10(25-3)7-11(9)26-4/h5-7H,8H2,1-4H3,(H,20,23)(H,22,24). The number of aromatic nitrogens is 1. The molecule has 27 heavy (non-hydrogen) atoms. The Hall–Kier alpha value is -2.20. The van der Waals surface area contributed by atoms with Crippen LogP contribution in [0, 0.1) is 0 Å². The van der Waals surface area contributed by atoms with Crippen molar-refractivity contribution in [1.82, 2.24) is 10.3 Å². The molecule has 0 aliphatic rings. The molecule has 2 aromatic rings. The molecule has 0 unspecified atom stereocenters. The number of hydrogen-bond acceptors (Lipinski definition) is 6. The molecule has 0 saturated carbocycles. The highest BCUT2D eigenvalue weighted by atomic mass is 79.9. The summed E-state index contributed by atoms with van der Waals surface area (Å²) in [5, 5.41) is 5.27. The zero-order valence-electron chi connectivity index (χ0n) is 15.2. The molecule has 1 aromatic heterocycles. The van der Waals surface area contributed by atoms with Gasteiger partial charge < -0.3 is 20.1 Å². The second-order valence-corrected chi connectivity index (χ2v) is 8.21. The van der Waals surface area contributed by atoms with Gasteiger partial charge in [0.2, 0.25) is 0 Å². The van der Waals surface area contributed by atoms with Crippen LogP contribution in [0.5, 0.6) is 11.5 Å². The number of halogens is 2. The molecule has 10 heteroatoms. The van der Waals surface area contributed by atoms with Crippen molar-refractivity contribution in [2.75, 3.05) is 19.5 Å². The molecule has 0 aliphatic carbocycles. The lowest BCUT2D eigenvalue weighted by Gasteiger charge is -2.14. The fraction of sp³-hybridized carbons (Fsp3) is 0.353. The van der Waals surface area contributed by atoms with E-state index >= 15 is 0 Å².